The Kier molecular flexibility index (Phi) is 3.26. The van der Waals surface area contributed by atoms with Crippen LogP contribution in [0.5, 0.6) is 0 Å². The van der Waals surface area contributed by atoms with Crippen molar-refractivity contribution in [2.75, 3.05) is 33.7 Å². The lowest BCUT2D eigenvalue weighted by atomic mass is 10.2. The summed E-state index contributed by atoms with van der Waals surface area (Å²) in [7, 11) is 4.18. The molecule has 0 bridgehead atoms. The summed E-state index contributed by atoms with van der Waals surface area (Å²) in [6, 6.07) is 0.654. The minimum absolute atomic E-state index is 0.103. The first-order valence-electron chi connectivity index (χ1n) is 5.87. The van der Waals surface area contributed by atoms with E-state index in [2.05, 4.69) is 24.3 Å². The normalized spacial score (nSPS) is 31.5. The quantitative estimate of drug-likeness (QED) is 0.693. The fourth-order valence-electron chi connectivity index (χ4n) is 2.48. The highest BCUT2D eigenvalue weighted by Crippen LogP contribution is 2.16. The predicted octanol–water partition coefficient (Wildman–Crippen LogP) is -0.0991. The molecule has 0 aromatic carbocycles. The Balaban J connectivity index is 1.87. The van der Waals surface area contributed by atoms with Crippen LogP contribution < -0.4 is 5.32 Å². The average Bonchev–Trinajstić information content (AvgIpc) is 2.88. The van der Waals surface area contributed by atoms with Gasteiger partial charge in [-0.3, -0.25) is 4.79 Å². The van der Waals surface area contributed by atoms with Crippen LogP contribution in [0, 0.1) is 0 Å². The van der Waals surface area contributed by atoms with E-state index in [9.17, 15) is 4.79 Å². The third kappa shape index (κ3) is 2.32. The first-order valence-corrected chi connectivity index (χ1v) is 5.87. The Morgan fingerprint density at radius 3 is 2.73 bits per heavy atom. The summed E-state index contributed by atoms with van der Waals surface area (Å²) in [6.07, 6.45) is 3.27. The van der Waals surface area contributed by atoms with Gasteiger partial charge in [0.15, 0.2) is 0 Å². The van der Waals surface area contributed by atoms with Crippen LogP contribution in [0.4, 0.5) is 0 Å². The molecule has 2 rings (SSSR count). The molecule has 2 atom stereocenters. The molecule has 0 aromatic rings. The van der Waals surface area contributed by atoms with Gasteiger partial charge in [0.05, 0.1) is 6.04 Å². The third-order valence-electron chi connectivity index (χ3n) is 3.56. The number of nitrogens with zero attached hydrogens (tertiary/aromatic N) is 2. The van der Waals surface area contributed by atoms with Crippen LogP contribution in [-0.4, -0.2) is 61.5 Å². The summed E-state index contributed by atoms with van der Waals surface area (Å²) < 4.78 is 0. The molecule has 4 nitrogen and oxygen atoms in total. The molecule has 1 amide bonds. The van der Waals surface area contributed by atoms with E-state index in [1.165, 1.54) is 0 Å². The van der Waals surface area contributed by atoms with Crippen molar-refractivity contribution < 1.29 is 4.79 Å². The summed E-state index contributed by atoms with van der Waals surface area (Å²) >= 11 is 0. The van der Waals surface area contributed by atoms with Crippen molar-refractivity contribution in [3.8, 4) is 0 Å². The second-order valence-electron chi connectivity index (χ2n) is 4.84. The maximum Gasteiger partial charge on any atom is 0.239 e. The molecule has 1 N–H and O–H groups in total. The zero-order valence-corrected chi connectivity index (χ0v) is 9.70. The number of hydrogen-bond donors (Lipinski definition) is 1. The van der Waals surface area contributed by atoms with E-state index in [-0.39, 0.29) is 6.04 Å². The number of carbonyl (C=O) groups excluding carboxylic acids is 1. The highest BCUT2D eigenvalue weighted by Gasteiger charge is 2.32. The van der Waals surface area contributed by atoms with E-state index in [0.717, 1.165) is 38.9 Å². The molecule has 2 aliphatic rings. The van der Waals surface area contributed by atoms with Crippen LogP contribution in [0.2, 0.25) is 0 Å². The molecule has 4 heteroatoms. The lowest BCUT2D eigenvalue weighted by Crippen LogP contribution is -2.43. The lowest BCUT2D eigenvalue weighted by molar-refractivity contribution is -0.132. The zero-order valence-electron chi connectivity index (χ0n) is 9.70. The molecular weight excluding hydrogens is 190 g/mol. The smallest absolute Gasteiger partial charge is 0.239 e. The van der Waals surface area contributed by atoms with Gasteiger partial charge >= 0.3 is 0 Å². The monoisotopic (exact) mass is 211 g/mol. The number of likely N-dealkylation sites (N-methyl/N-ethyl adjacent to an activating group) is 1. The molecule has 0 aliphatic carbocycles. The van der Waals surface area contributed by atoms with Gasteiger partial charge in [-0.25, -0.2) is 0 Å². The molecule has 2 aliphatic heterocycles. The molecule has 0 spiro atoms. The van der Waals surface area contributed by atoms with Gasteiger partial charge < -0.3 is 15.1 Å². The third-order valence-corrected chi connectivity index (χ3v) is 3.56. The van der Waals surface area contributed by atoms with Crippen molar-refractivity contribution in [2.24, 2.45) is 0 Å². The second kappa shape index (κ2) is 4.49. The maximum absolute atomic E-state index is 12.1. The lowest BCUT2D eigenvalue weighted by Gasteiger charge is -2.22. The fourth-order valence-corrected chi connectivity index (χ4v) is 2.48. The van der Waals surface area contributed by atoms with E-state index in [4.69, 9.17) is 0 Å². The number of rotatable bonds is 2. The van der Waals surface area contributed by atoms with E-state index in [1.807, 2.05) is 4.90 Å². The van der Waals surface area contributed by atoms with Crippen LogP contribution >= 0.6 is 0 Å². The molecule has 2 saturated heterocycles. The Hall–Kier alpha value is -0.610. The van der Waals surface area contributed by atoms with Crippen molar-refractivity contribution in [3.05, 3.63) is 0 Å². The Labute approximate surface area is 91.6 Å². The van der Waals surface area contributed by atoms with Gasteiger partial charge in [0.2, 0.25) is 5.91 Å². The molecule has 0 saturated carbocycles. The summed E-state index contributed by atoms with van der Waals surface area (Å²) in [6.45, 7) is 2.84. The molecule has 0 unspecified atom stereocenters. The van der Waals surface area contributed by atoms with Gasteiger partial charge in [0, 0.05) is 19.1 Å². The summed E-state index contributed by atoms with van der Waals surface area (Å²) in [5, 5.41) is 3.27. The van der Waals surface area contributed by atoms with Gasteiger partial charge in [-0.1, -0.05) is 0 Å². The van der Waals surface area contributed by atoms with Crippen molar-refractivity contribution in [1.82, 2.24) is 15.1 Å². The van der Waals surface area contributed by atoms with Crippen LogP contribution in [0.15, 0.2) is 0 Å². The van der Waals surface area contributed by atoms with E-state index < -0.39 is 0 Å². The predicted molar refractivity (Wildman–Crippen MR) is 59.7 cm³/mol. The average molecular weight is 211 g/mol. The van der Waals surface area contributed by atoms with E-state index >= 15 is 0 Å². The molecule has 15 heavy (non-hydrogen) atoms. The van der Waals surface area contributed by atoms with Crippen molar-refractivity contribution >= 4 is 5.91 Å². The van der Waals surface area contributed by atoms with Gasteiger partial charge in [-0.05, 0) is 39.9 Å². The van der Waals surface area contributed by atoms with Crippen LogP contribution in [0.25, 0.3) is 0 Å². The van der Waals surface area contributed by atoms with Crippen molar-refractivity contribution in [1.29, 1.82) is 0 Å². The van der Waals surface area contributed by atoms with Crippen LogP contribution in [-0.2, 0) is 4.79 Å². The van der Waals surface area contributed by atoms with E-state index in [0.29, 0.717) is 11.9 Å². The molecule has 0 radical (unpaired) electrons. The molecule has 86 valence electrons. The standard InChI is InChI=1S/C11H21N3O/c1-13(2)9-5-7-14(8-9)11(15)10-4-3-6-12-10/h9-10,12H,3-8H2,1-2H3/t9-,10+/m0/s1. The molecule has 0 aromatic heterocycles. The first kappa shape index (κ1) is 10.9. The van der Waals surface area contributed by atoms with Crippen LogP contribution in [0.3, 0.4) is 0 Å². The van der Waals surface area contributed by atoms with Gasteiger partial charge in [-0.15, -0.1) is 0 Å². The molecular formula is C11H21N3O. The number of likely N-dealkylation sites (tertiary alicyclic amines) is 1. The highest BCUT2D eigenvalue weighted by molar-refractivity contribution is 5.82. The number of amides is 1. The maximum atomic E-state index is 12.1. The summed E-state index contributed by atoms with van der Waals surface area (Å²) in [4.78, 5) is 16.3. The molecule has 2 fully saturated rings. The van der Waals surface area contributed by atoms with Crippen molar-refractivity contribution in [3.63, 3.8) is 0 Å². The Bertz CT molecular complexity index is 236. The van der Waals surface area contributed by atoms with Gasteiger partial charge in [-0.2, -0.15) is 0 Å². The number of carbonyl (C=O) groups is 1. The number of nitrogens with one attached hydrogen (secondary N) is 1. The second-order valence-corrected chi connectivity index (χ2v) is 4.84. The Morgan fingerprint density at radius 2 is 2.20 bits per heavy atom. The minimum atomic E-state index is 0.103. The minimum Gasteiger partial charge on any atom is -0.340 e. The Morgan fingerprint density at radius 1 is 1.40 bits per heavy atom. The number of hydrogen-bond acceptors (Lipinski definition) is 3. The summed E-state index contributed by atoms with van der Waals surface area (Å²) in [5.74, 6) is 0.317. The van der Waals surface area contributed by atoms with Gasteiger partial charge in [0.1, 0.15) is 0 Å². The van der Waals surface area contributed by atoms with Gasteiger partial charge in [0.25, 0.3) is 0 Å². The zero-order chi connectivity index (χ0) is 10.8. The topological polar surface area (TPSA) is 35.6 Å². The van der Waals surface area contributed by atoms with E-state index in [1.54, 1.807) is 0 Å². The van der Waals surface area contributed by atoms with Crippen molar-refractivity contribution in [2.45, 2.75) is 31.3 Å². The SMILES string of the molecule is CN(C)[C@H]1CCN(C(=O)[C@H]2CCCN2)C1. The largest absolute Gasteiger partial charge is 0.340 e. The van der Waals surface area contributed by atoms with Crippen LogP contribution in [0.1, 0.15) is 19.3 Å². The highest BCUT2D eigenvalue weighted by atomic mass is 16.2. The first-order chi connectivity index (χ1) is 7.18. The fraction of sp³-hybridized carbons (Fsp3) is 0.909. The summed E-state index contributed by atoms with van der Waals surface area (Å²) in [5.41, 5.74) is 0. The molecule has 2 heterocycles.